The van der Waals surface area contributed by atoms with E-state index in [9.17, 15) is 9.59 Å². The second kappa shape index (κ2) is 8.88. The first-order chi connectivity index (χ1) is 13.1. The van der Waals surface area contributed by atoms with Gasteiger partial charge in [-0.1, -0.05) is 59.8 Å². The average molecular weight is 400 g/mol. The third kappa shape index (κ3) is 4.59. The number of benzene rings is 2. The Morgan fingerprint density at radius 1 is 1.22 bits per heavy atom. The molecule has 7 heteroatoms. The van der Waals surface area contributed by atoms with Crippen LogP contribution >= 0.6 is 23.4 Å². The molecule has 0 aliphatic heterocycles. The van der Waals surface area contributed by atoms with E-state index in [1.807, 2.05) is 24.3 Å². The molecule has 2 aromatic carbocycles. The summed E-state index contributed by atoms with van der Waals surface area (Å²) in [4.78, 5) is 29.6. The number of amides is 1. The van der Waals surface area contributed by atoms with E-state index in [0.717, 1.165) is 5.56 Å². The summed E-state index contributed by atoms with van der Waals surface area (Å²) >= 11 is 7.49. The van der Waals surface area contributed by atoms with Gasteiger partial charge in [0.05, 0.1) is 23.2 Å². The van der Waals surface area contributed by atoms with E-state index < -0.39 is 0 Å². The highest BCUT2D eigenvalue weighted by Crippen LogP contribution is 2.21. The van der Waals surface area contributed by atoms with Gasteiger partial charge >= 0.3 is 0 Å². The summed E-state index contributed by atoms with van der Waals surface area (Å²) in [6.45, 7) is 4.26. The van der Waals surface area contributed by atoms with Gasteiger partial charge in [-0.3, -0.25) is 14.2 Å². The predicted octanol–water partition coefficient (Wildman–Crippen LogP) is 3.49. The van der Waals surface area contributed by atoms with Gasteiger partial charge in [-0.25, -0.2) is 4.98 Å². The van der Waals surface area contributed by atoms with Crippen molar-refractivity contribution in [3.63, 3.8) is 0 Å². The molecule has 0 aliphatic carbocycles. The lowest BCUT2D eigenvalue weighted by molar-refractivity contribution is -0.118. The zero-order valence-electron chi connectivity index (χ0n) is 14.5. The minimum Gasteiger partial charge on any atom is -0.352 e. The third-order valence-corrected chi connectivity index (χ3v) is 5.23. The summed E-state index contributed by atoms with van der Waals surface area (Å²) in [5, 5.41) is 4.31. The molecule has 0 saturated carbocycles. The maximum atomic E-state index is 13.0. The molecule has 0 radical (unpaired) electrons. The summed E-state index contributed by atoms with van der Waals surface area (Å²) in [5.41, 5.74) is 1.26. The van der Waals surface area contributed by atoms with Crippen molar-refractivity contribution < 1.29 is 4.79 Å². The molecular formula is C20H18ClN3O2S. The van der Waals surface area contributed by atoms with Gasteiger partial charge in [0.25, 0.3) is 5.56 Å². The summed E-state index contributed by atoms with van der Waals surface area (Å²) in [6.07, 6.45) is 1.62. The number of carbonyl (C=O) groups excluding carboxylic acids is 1. The van der Waals surface area contributed by atoms with Crippen LogP contribution in [0.1, 0.15) is 5.56 Å². The Hall–Kier alpha value is -2.57. The van der Waals surface area contributed by atoms with Crippen molar-refractivity contribution in [1.29, 1.82) is 0 Å². The molecule has 1 amide bonds. The molecule has 27 heavy (non-hydrogen) atoms. The molecule has 0 aliphatic rings. The second-order valence-electron chi connectivity index (χ2n) is 5.78. The van der Waals surface area contributed by atoms with Crippen LogP contribution in [0.25, 0.3) is 10.9 Å². The molecule has 1 N–H and O–H groups in total. The zero-order chi connectivity index (χ0) is 19.2. The maximum Gasteiger partial charge on any atom is 0.262 e. The summed E-state index contributed by atoms with van der Waals surface area (Å²) in [5.74, 6) is 0.00725. The van der Waals surface area contributed by atoms with Crippen molar-refractivity contribution in [1.82, 2.24) is 14.9 Å². The highest BCUT2D eigenvalue weighted by atomic mass is 35.5. The van der Waals surface area contributed by atoms with E-state index in [2.05, 4.69) is 16.9 Å². The maximum absolute atomic E-state index is 13.0. The van der Waals surface area contributed by atoms with Gasteiger partial charge in [-0.05, 0) is 23.8 Å². The first-order valence-electron chi connectivity index (χ1n) is 8.33. The Morgan fingerprint density at radius 2 is 1.96 bits per heavy atom. The number of aromatic nitrogens is 2. The van der Waals surface area contributed by atoms with Crippen LogP contribution in [0.2, 0.25) is 5.02 Å². The number of carbonyl (C=O) groups is 1. The molecule has 0 atom stereocenters. The molecule has 0 spiro atoms. The van der Waals surface area contributed by atoms with E-state index in [4.69, 9.17) is 11.6 Å². The smallest absolute Gasteiger partial charge is 0.262 e. The number of hydrogen-bond acceptors (Lipinski definition) is 4. The number of halogens is 1. The van der Waals surface area contributed by atoms with Crippen molar-refractivity contribution in [3.8, 4) is 0 Å². The van der Waals surface area contributed by atoms with Crippen molar-refractivity contribution in [2.45, 2.75) is 11.7 Å². The van der Waals surface area contributed by atoms with Crippen LogP contribution in [0.3, 0.4) is 0 Å². The highest BCUT2D eigenvalue weighted by Gasteiger charge is 2.14. The molecule has 0 bridgehead atoms. The zero-order valence-corrected chi connectivity index (χ0v) is 16.1. The quantitative estimate of drug-likeness (QED) is 0.375. The predicted molar refractivity (Wildman–Crippen MR) is 110 cm³/mol. The van der Waals surface area contributed by atoms with Crippen molar-refractivity contribution in [2.24, 2.45) is 0 Å². The molecule has 0 fully saturated rings. The summed E-state index contributed by atoms with van der Waals surface area (Å²) in [7, 11) is 0. The Bertz CT molecular complexity index is 1050. The molecule has 138 valence electrons. The fraction of sp³-hybridized carbons (Fsp3) is 0.150. The molecular weight excluding hydrogens is 382 g/mol. The first-order valence-corrected chi connectivity index (χ1v) is 9.70. The fourth-order valence-corrected chi connectivity index (χ4v) is 3.59. The van der Waals surface area contributed by atoms with Crippen LogP contribution in [0.15, 0.2) is 71.1 Å². The van der Waals surface area contributed by atoms with Gasteiger partial charge in [0.1, 0.15) is 0 Å². The lowest BCUT2D eigenvalue weighted by Gasteiger charge is -2.14. The van der Waals surface area contributed by atoms with Crippen molar-refractivity contribution in [3.05, 3.63) is 82.1 Å². The van der Waals surface area contributed by atoms with E-state index >= 15 is 0 Å². The number of fused-ring (bicyclic) bond motifs is 1. The van der Waals surface area contributed by atoms with Gasteiger partial charge in [0.15, 0.2) is 5.16 Å². The monoisotopic (exact) mass is 399 g/mol. The van der Waals surface area contributed by atoms with E-state index in [-0.39, 0.29) is 23.8 Å². The van der Waals surface area contributed by atoms with Crippen LogP contribution < -0.4 is 10.9 Å². The summed E-state index contributed by atoms with van der Waals surface area (Å²) in [6, 6.07) is 14.5. The second-order valence-corrected chi connectivity index (χ2v) is 7.13. The Balaban J connectivity index is 1.99. The normalized spacial score (nSPS) is 10.7. The molecule has 0 unspecified atom stereocenters. The molecule has 1 aromatic heterocycles. The van der Waals surface area contributed by atoms with Gasteiger partial charge in [-0.2, -0.15) is 0 Å². The first kappa shape index (κ1) is 19.2. The Labute approximate surface area is 166 Å². The van der Waals surface area contributed by atoms with Crippen molar-refractivity contribution >= 4 is 40.2 Å². The van der Waals surface area contributed by atoms with E-state index in [1.165, 1.54) is 11.8 Å². The van der Waals surface area contributed by atoms with Gasteiger partial charge in [0, 0.05) is 11.6 Å². The Morgan fingerprint density at radius 3 is 2.74 bits per heavy atom. The standard InChI is InChI=1S/C20H18ClN3O2S/c1-2-11-22-18(25)13-27-20-23-17-10-6-4-8-15(17)19(26)24(20)12-14-7-3-5-9-16(14)21/h2-10H,1,11-13H2,(H,22,25). The largest absolute Gasteiger partial charge is 0.352 e. The molecule has 0 saturated heterocycles. The number of thioether (sulfide) groups is 1. The minimum absolute atomic E-state index is 0.147. The average Bonchev–Trinajstić information content (AvgIpc) is 2.68. The number of nitrogens with one attached hydrogen (secondary N) is 1. The molecule has 3 rings (SSSR count). The molecule has 5 nitrogen and oxygen atoms in total. The summed E-state index contributed by atoms with van der Waals surface area (Å²) < 4.78 is 1.56. The van der Waals surface area contributed by atoms with Gasteiger partial charge in [0.2, 0.25) is 5.91 Å². The topological polar surface area (TPSA) is 64.0 Å². The lowest BCUT2D eigenvalue weighted by Crippen LogP contribution is -2.27. The Kier molecular flexibility index (Phi) is 6.32. The molecule has 3 aromatic rings. The number of para-hydroxylation sites is 1. The van der Waals surface area contributed by atoms with Crippen LogP contribution in [0, 0.1) is 0 Å². The van der Waals surface area contributed by atoms with E-state index in [0.29, 0.717) is 27.6 Å². The molecule has 1 heterocycles. The number of rotatable bonds is 7. The third-order valence-electron chi connectivity index (χ3n) is 3.89. The van der Waals surface area contributed by atoms with Crippen LogP contribution in [-0.2, 0) is 11.3 Å². The highest BCUT2D eigenvalue weighted by molar-refractivity contribution is 7.99. The van der Waals surface area contributed by atoms with Crippen LogP contribution in [0.5, 0.6) is 0 Å². The van der Waals surface area contributed by atoms with Crippen LogP contribution in [-0.4, -0.2) is 27.8 Å². The van der Waals surface area contributed by atoms with Crippen LogP contribution in [0.4, 0.5) is 0 Å². The lowest BCUT2D eigenvalue weighted by atomic mass is 10.2. The van der Waals surface area contributed by atoms with Gasteiger partial charge < -0.3 is 5.32 Å². The number of nitrogens with zero attached hydrogens (tertiary/aromatic N) is 2. The fourth-order valence-electron chi connectivity index (χ4n) is 2.56. The minimum atomic E-state index is -0.158. The van der Waals surface area contributed by atoms with E-state index in [1.54, 1.807) is 34.9 Å². The SMILES string of the molecule is C=CCNC(=O)CSc1nc2ccccc2c(=O)n1Cc1ccccc1Cl. The number of hydrogen-bond donors (Lipinski definition) is 1. The van der Waals surface area contributed by atoms with Crippen molar-refractivity contribution in [2.75, 3.05) is 12.3 Å². The van der Waals surface area contributed by atoms with Gasteiger partial charge in [-0.15, -0.1) is 6.58 Å².